The zero-order valence-electron chi connectivity index (χ0n) is 16.8. The number of fused-ring (bicyclic) bond motifs is 1. The Kier molecular flexibility index (Phi) is 5.34. The lowest BCUT2D eigenvalue weighted by Crippen LogP contribution is -2.99. The predicted octanol–water partition coefficient (Wildman–Crippen LogP) is 2.54. The van der Waals surface area contributed by atoms with Gasteiger partial charge < -0.3 is 14.7 Å². The van der Waals surface area contributed by atoms with Gasteiger partial charge in [-0.2, -0.15) is 10.2 Å². The first-order valence-corrected chi connectivity index (χ1v) is 10.6. The van der Waals surface area contributed by atoms with Crippen molar-refractivity contribution in [2.24, 2.45) is 5.92 Å². The van der Waals surface area contributed by atoms with Crippen LogP contribution in [-0.2, 0) is 13.0 Å². The van der Waals surface area contributed by atoms with Crippen LogP contribution in [0.4, 0.5) is 5.69 Å². The third kappa shape index (κ3) is 3.89. The van der Waals surface area contributed by atoms with E-state index < -0.39 is 5.23 Å². The molecule has 0 amide bonds. The van der Waals surface area contributed by atoms with Gasteiger partial charge in [-0.15, -0.1) is 0 Å². The molecular formula is C21H26N6O3. The van der Waals surface area contributed by atoms with E-state index in [1.807, 2.05) is 0 Å². The maximum absolute atomic E-state index is 11.3. The van der Waals surface area contributed by atoms with Crippen LogP contribution in [-0.4, -0.2) is 36.8 Å². The molecular weight excluding hydrogens is 384 g/mol. The van der Waals surface area contributed by atoms with E-state index in [9.17, 15) is 10.4 Å². The summed E-state index contributed by atoms with van der Waals surface area (Å²) in [7, 11) is 0. The number of quaternary nitrogens is 1. The second kappa shape index (κ2) is 8.27. The molecule has 2 atom stereocenters. The molecule has 5 rings (SSSR count). The normalized spacial score (nSPS) is 21.5. The number of H-pyrrole nitrogens is 1. The zero-order chi connectivity index (χ0) is 20.5. The van der Waals surface area contributed by atoms with Crippen molar-refractivity contribution in [3.05, 3.63) is 53.1 Å². The number of hydrogen-bond acceptors (Lipinski definition) is 7. The molecule has 1 fully saturated rings. The highest BCUT2D eigenvalue weighted by molar-refractivity contribution is 5.58. The van der Waals surface area contributed by atoms with Crippen LogP contribution < -0.4 is 5.23 Å². The van der Waals surface area contributed by atoms with E-state index >= 15 is 0 Å². The van der Waals surface area contributed by atoms with Crippen LogP contribution >= 0.6 is 0 Å². The van der Waals surface area contributed by atoms with Crippen molar-refractivity contribution >= 4 is 5.69 Å². The second-order valence-corrected chi connectivity index (χ2v) is 8.32. The van der Waals surface area contributed by atoms with Crippen LogP contribution in [0.25, 0.3) is 11.4 Å². The molecule has 2 aliphatic rings. The number of benzene rings is 1. The third-order valence-corrected chi connectivity index (χ3v) is 6.31. The molecule has 0 spiro atoms. The van der Waals surface area contributed by atoms with Crippen LogP contribution in [0.2, 0.25) is 0 Å². The van der Waals surface area contributed by atoms with Gasteiger partial charge in [-0.05, 0) is 18.8 Å². The summed E-state index contributed by atoms with van der Waals surface area (Å²) < 4.78 is 5.68. The summed E-state index contributed by atoms with van der Waals surface area (Å²) in [6.07, 6.45) is 8.98. The lowest BCUT2D eigenvalue weighted by Gasteiger charge is -2.36. The van der Waals surface area contributed by atoms with E-state index in [4.69, 9.17) is 4.52 Å². The van der Waals surface area contributed by atoms with Gasteiger partial charge in [-0.3, -0.25) is 4.90 Å². The van der Waals surface area contributed by atoms with Gasteiger partial charge in [0.2, 0.25) is 11.7 Å². The molecule has 30 heavy (non-hydrogen) atoms. The van der Waals surface area contributed by atoms with Crippen molar-refractivity contribution < 1.29 is 15.0 Å². The molecule has 3 aromatic rings. The van der Waals surface area contributed by atoms with E-state index in [0.717, 1.165) is 30.9 Å². The SMILES string of the molecule is [O-][NH+](O)c1cccc(-c2noc(C3Cc4nc[nH]c4CN3CC3CCCCC3)n2)c1. The number of rotatable bonds is 5. The molecule has 3 heterocycles. The molecule has 9 nitrogen and oxygen atoms in total. The van der Waals surface area contributed by atoms with Crippen LogP contribution in [0.3, 0.4) is 0 Å². The molecule has 0 bridgehead atoms. The van der Waals surface area contributed by atoms with Crippen LogP contribution in [0.15, 0.2) is 35.1 Å². The first-order valence-electron chi connectivity index (χ1n) is 10.6. The van der Waals surface area contributed by atoms with Crippen molar-refractivity contribution in [1.29, 1.82) is 0 Å². The number of nitrogens with zero attached hydrogens (tertiary/aromatic N) is 4. The Hall–Kier alpha value is -2.59. The van der Waals surface area contributed by atoms with Gasteiger partial charge in [-0.25, -0.2) is 10.2 Å². The summed E-state index contributed by atoms with van der Waals surface area (Å²) in [5.74, 6) is 1.68. The zero-order valence-corrected chi connectivity index (χ0v) is 16.8. The molecule has 158 valence electrons. The molecule has 3 N–H and O–H groups in total. The summed E-state index contributed by atoms with van der Waals surface area (Å²) in [6, 6.07) is 6.60. The average molecular weight is 410 g/mol. The van der Waals surface area contributed by atoms with Crippen molar-refractivity contribution in [2.45, 2.75) is 51.1 Å². The van der Waals surface area contributed by atoms with Gasteiger partial charge in [0.15, 0.2) is 5.69 Å². The second-order valence-electron chi connectivity index (χ2n) is 8.32. The van der Waals surface area contributed by atoms with E-state index in [1.165, 1.54) is 32.1 Å². The maximum atomic E-state index is 11.3. The number of aromatic amines is 1. The Bertz CT molecular complexity index is 994. The van der Waals surface area contributed by atoms with Crippen molar-refractivity contribution in [3.8, 4) is 11.4 Å². The van der Waals surface area contributed by atoms with Gasteiger partial charge in [0.05, 0.1) is 23.8 Å². The smallest absolute Gasteiger partial charge is 0.244 e. The predicted molar refractivity (Wildman–Crippen MR) is 108 cm³/mol. The maximum Gasteiger partial charge on any atom is 0.244 e. The Morgan fingerprint density at radius 3 is 2.97 bits per heavy atom. The summed E-state index contributed by atoms with van der Waals surface area (Å²) >= 11 is 0. The van der Waals surface area contributed by atoms with Crippen LogP contribution in [0.5, 0.6) is 0 Å². The number of aromatic nitrogens is 4. The fourth-order valence-corrected chi connectivity index (χ4v) is 4.70. The monoisotopic (exact) mass is 410 g/mol. The minimum Gasteiger partial charge on any atom is -0.595 e. The van der Waals surface area contributed by atoms with Gasteiger partial charge in [0.25, 0.3) is 0 Å². The largest absolute Gasteiger partial charge is 0.595 e. The van der Waals surface area contributed by atoms with Crippen LogP contribution in [0.1, 0.15) is 55.4 Å². The number of nitrogens with one attached hydrogen (secondary N) is 2. The van der Waals surface area contributed by atoms with Crippen LogP contribution in [0, 0.1) is 11.1 Å². The highest BCUT2D eigenvalue weighted by atomic mass is 16.8. The minimum absolute atomic E-state index is 0.0216. The number of imidazole rings is 1. The standard InChI is InChI=1S/C21H26N6O3/c28-27(29)16-8-4-7-15(9-16)20-24-21(30-25-20)19-10-17-18(23-13-22-17)12-26(19)11-14-5-2-1-3-6-14/h4,7-9,13-14,19,27-28H,1-3,5-6,10-12H2,(H,22,23). The van der Waals surface area contributed by atoms with Gasteiger partial charge in [-0.1, -0.05) is 36.6 Å². The summed E-state index contributed by atoms with van der Waals surface area (Å²) in [6.45, 7) is 1.80. The van der Waals surface area contributed by atoms with Gasteiger partial charge in [0.1, 0.15) is 0 Å². The van der Waals surface area contributed by atoms with Crippen molar-refractivity contribution in [3.63, 3.8) is 0 Å². The lowest BCUT2D eigenvalue weighted by atomic mass is 9.88. The first-order chi connectivity index (χ1) is 14.7. The molecule has 2 aromatic heterocycles. The molecule has 1 saturated carbocycles. The molecule has 1 aliphatic heterocycles. The minimum atomic E-state index is -0.974. The fraction of sp³-hybridized carbons (Fsp3) is 0.476. The van der Waals surface area contributed by atoms with Gasteiger partial charge >= 0.3 is 0 Å². The van der Waals surface area contributed by atoms with E-state index in [0.29, 0.717) is 23.2 Å². The quantitative estimate of drug-likeness (QED) is 0.553. The first kappa shape index (κ1) is 19.4. The third-order valence-electron chi connectivity index (χ3n) is 6.31. The van der Waals surface area contributed by atoms with E-state index in [2.05, 4.69) is 25.0 Å². The Morgan fingerprint density at radius 2 is 2.13 bits per heavy atom. The lowest BCUT2D eigenvalue weighted by molar-refractivity contribution is -0.991. The summed E-state index contributed by atoms with van der Waals surface area (Å²) in [5.41, 5.74) is 3.06. The Labute approximate surface area is 174 Å². The van der Waals surface area contributed by atoms with Crippen molar-refractivity contribution in [2.75, 3.05) is 6.54 Å². The fourth-order valence-electron chi connectivity index (χ4n) is 4.70. The van der Waals surface area contributed by atoms with Crippen molar-refractivity contribution in [1.82, 2.24) is 25.0 Å². The highest BCUT2D eigenvalue weighted by Crippen LogP contribution is 2.35. The van der Waals surface area contributed by atoms with Gasteiger partial charge in [0, 0.05) is 37.2 Å². The van der Waals surface area contributed by atoms with E-state index in [-0.39, 0.29) is 11.7 Å². The summed E-state index contributed by atoms with van der Waals surface area (Å²) in [4.78, 5) is 14.8. The highest BCUT2D eigenvalue weighted by Gasteiger charge is 2.34. The number of hydrogen-bond donors (Lipinski definition) is 3. The summed E-state index contributed by atoms with van der Waals surface area (Å²) in [5, 5.41) is 23.7. The molecule has 1 aliphatic carbocycles. The average Bonchev–Trinajstić information content (AvgIpc) is 3.43. The molecule has 2 unspecified atom stereocenters. The molecule has 9 heteroatoms. The molecule has 0 radical (unpaired) electrons. The molecule has 0 saturated heterocycles. The van der Waals surface area contributed by atoms with E-state index in [1.54, 1.807) is 30.6 Å². The Morgan fingerprint density at radius 1 is 1.27 bits per heavy atom. The Balaban J connectivity index is 1.41. The topological polar surface area (TPSA) is 119 Å². The molecule has 1 aromatic carbocycles.